The molecule has 0 radical (unpaired) electrons. The van der Waals surface area contributed by atoms with Crippen molar-refractivity contribution >= 4 is 5.91 Å². The number of benzene rings is 2. The zero-order valence-electron chi connectivity index (χ0n) is 15.7. The average Bonchev–Trinajstić information content (AvgIpc) is 2.98. The van der Waals surface area contributed by atoms with Gasteiger partial charge in [-0.3, -0.25) is 4.79 Å². The van der Waals surface area contributed by atoms with E-state index in [2.05, 4.69) is 5.32 Å². The third-order valence-electron chi connectivity index (χ3n) is 4.42. The van der Waals surface area contributed by atoms with Gasteiger partial charge < -0.3 is 19.5 Å². The summed E-state index contributed by atoms with van der Waals surface area (Å²) in [4.78, 5) is 12.6. The van der Waals surface area contributed by atoms with E-state index in [1.54, 1.807) is 13.2 Å². The molecule has 2 aromatic rings. The number of fused-ring (bicyclic) bond motifs is 1. The number of ether oxygens (including phenoxy) is 3. The van der Waals surface area contributed by atoms with Crippen LogP contribution in [0.25, 0.3) is 0 Å². The van der Waals surface area contributed by atoms with E-state index in [1.165, 1.54) is 0 Å². The van der Waals surface area contributed by atoms with E-state index in [0.29, 0.717) is 24.5 Å². The first kappa shape index (κ1) is 18.1. The smallest absolute Gasteiger partial charge is 0.255 e. The van der Waals surface area contributed by atoms with Gasteiger partial charge in [-0.25, -0.2) is 0 Å². The molecule has 2 aromatic carbocycles. The molecule has 3 rings (SSSR count). The summed E-state index contributed by atoms with van der Waals surface area (Å²) in [5, 5.41) is 2.96. The van der Waals surface area contributed by atoms with Crippen LogP contribution >= 0.6 is 0 Å². The highest BCUT2D eigenvalue weighted by molar-refractivity contribution is 5.97. The lowest BCUT2D eigenvalue weighted by atomic mass is 10.1. The molecule has 0 bridgehead atoms. The number of amides is 1. The number of carbonyl (C=O) groups is 1. The first-order valence-electron chi connectivity index (χ1n) is 8.90. The Morgan fingerprint density at radius 3 is 2.81 bits per heavy atom. The first-order valence-corrected chi connectivity index (χ1v) is 8.90. The van der Waals surface area contributed by atoms with Crippen LogP contribution in [0.1, 0.15) is 40.9 Å². The van der Waals surface area contributed by atoms with Crippen molar-refractivity contribution in [2.24, 2.45) is 0 Å². The van der Waals surface area contributed by atoms with E-state index in [4.69, 9.17) is 14.2 Å². The Hall–Kier alpha value is -2.69. The van der Waals surface area contributed by atoms with Gasteiger partial charge in [-0.1, -0.05) is 11.6 Å². The Balaban J connectivity index is 1.80. The fourth-order valence-electron chi connectivity index (χ4n) is 3.18. The molecule has 0 aromatic heterocycles. The van der Waals surface area contributed by atoms with Gasteiger partial charge in [0.15, 0.2) is 0 Å². The number of hydrogen-bond acceptors (Lipinski definition) is 4. The van der Waals surface area contributed by atoms with Crippen molar-refractivity contribution in [1.29, 1.82) is 0 Å². The minimum Gasteiger partial charge on any atom is -0.496 e. The van der Waals surface area contributed by atoms with Crippen LogP contribution in [-0.2, 0) is 13.0 Å². The lowest BCUT2D eigenvalue weighted by Crippen LogP contribution is -2.24. The minimum atomic E-state index is -0.178. The fourth-order valence-corrected chi connectivity index (χ4v) is 3.18. The Labute approximate surface area is 154 Å². The largest absolute Gasteiger partial charge is 0.496 e. The molecule has 26 heavy (non-hydrogen) atoms. The molecule has 1 aliphatic heterocycles. The third-order valence-corrected chi connectivity index (χ3v) is 4.42. The molecule has 1 atom stereocenters. The summed E-state index contributed by atoms with van der Waals surface area (Å²) in [7, 11) is 1.56. The molecular formula is C21H25NO4. The van der Waals surface area contributed by atoms with Crippen LogP contribution < -0.4 is 19.5 Å². The van der Waals surface area contributed by atoms with Crippen molar-refractivity contribution in [3.8, 4) is 17.2 Å². The van der Waals surface area contributed by atoms with Crippen molar-refractivity contribution in [2.75, 3.05) is 13.7 Å². The second-order valence-electron chi connectivity index (χ2n) is 6.52. The summed E-state index contributed by atoms with van der Waals surface area (Å²) in [5.41, 5.74) is 3.58. The van der Waals surface area contributed by atoms with Gasteiger partial charge in [0.2, 0.25) is 0 Å². The van der Waals surface area contributed by atoms with Gasteiger partial charge in [0.05, 0.1) is 19.3 Å². The van der Waals surface area contributed by atoms with E-state index >= 15 is 0 Å². The Morgan fingerprint density at radius 2 is 2.08 bits per heavy atom. The van der Waals surface area contributed by atoms with E-state index in [-0.39, 0.29) is 12.0 Å². The predicted molar refractivity (Wildman–Crippen MR) is 100 cm³/mol. The maximum atomic E-state index is 12.6. The van der Waals surface area contributed by atoms with Crippen molar-refractivity contribution in [1.82, 2.24) is 5.32 Å². The van der Waals surface area contributed by atoms with E-state index in [0.717, 1.165) is 34.6 Å². The zero-order valence-corrected chi connectivity index (χ0v) is 15.7. The van der Waals surface area contributed by atoms with Crippen LogP contribution in [0.2, 0.25) is 0 Å². The highest BCUT2D eigenvalue weighted by Gasteiger charge is 2.22. The molecule has 0 fully saturated rings. The summed E-state index contributed by atoms with van der Waals surface area (Å²) in [6, 6.07) is 9.54. The van der Waals surface area contributed by atoms with E-state index in [1.807, 2.05) is 45.0 Å². The van der Waals surface area contributed by atoms with E-state index in [9.17, 15) is 4.79 Å². The molecule has 0 spiro atoms. The van der Waals surface area contributed by atoms with Crippen molar-refractivity contribution in [3.63, 3.8) is 0 Å². The van der Waals surface area contributed by atoms with Crippen LogP contribution in [-0.4, -0.2) is 25.7 Å². The van der Waals surface area contributed by atoms with Crippen LogP contribution in [0.5, 0.6) is 17.2 Å². The number of hydrogen-bond donors (Lipinski definition) is 1. The fraction of sp³-hybridized carbons (Fsp3) is 0.381. The standard InChI is InChI=1S/C21H25NO4/c1-5-25-19-10-15-9-14(3)26-20(15)11-16(19)12-22-21(23)17-8-13(2)6-7-18(17)24-4/h6-8,10-11,14H,5,9,12H2,1-4H3,(H,22,23)/t14-/m0/s1. The van der Waals surface area contributed by atoms with Gasteiger partial charge >= 0.3 is 0 Å². The molecule has 0 unspecified atom stereocenters. The van der Waals surface area contributed by atoms with Gasteiger partial charge in [-0.05, 0) is 45.0 Å². The van der Waals surface area contributed by atoms with Crippen LogP contribution in [0, 0.1) is 6.92 Å². The topological polar surface area (TPSA) is 56.8 Å². The summed E-state index contributed by atoms with van der Waals surface area (Å²) in [6.07, 6.45) is 1.04. The highest BCUT2D eigenvalue weighted by atomic mass is 16.5. The highest BCUT2D eigenvalue weighted by Crippen LogP contribution is 2.35. The molecule has 5 heteroatoms. The number of nitrogens with one attached hydrogen (secondary N) is 1. The van der Waals surface area contributed by atoms with Crippen LogP contribution in [0.4, 0.5) is 0 Å². The number of rotatable bonds is 6. The number of carbonyl (C=O) groups excluding carboxylic acids is 1. The maximum Gasteiger partial charge on any atom is 0.255 e. The Bertz CT molecular complexity index is 816. The van der Waals surface area contributed by atoms with Gasteiger partial charge in [-0.15, -0.1) is 0 Å². The number of methoxy groups -OCH3 is 1. The average molecular weight is 355 g/mol. The lowest BCUT2D eigenvalue weighted by molar-refractivity contribution is 0.0947. The van der Waals surface area contributed by atoms with Gasteiger partial charge in [0.25, 0.3) is 5.91 Å². The van der Waals surface area contributed by atoms with Crippen LogP contribution in [0.3, 0.4) is 0 Å². The van der Waals surface area contributed by atoms with Crippen LogP contribution in [0.15, 0.2) is 30.3 Å². The molecule has 5 nitrogen and oxygen atoms in total. The lowest BCUT2D eigenvalue weighted by Gasteiger charge is -2.14. The molecule has 0 aliphatic carbocycles. The van der Waals surface area contributed by atoms with E-state index < -0.39 is 0 Å². The predicted octanol–water partition coefficient (Wildman–Crippen LogP) is 3.66. The quantitative estimate of drug-likeness (QED) is 0.859. The molecule has 1 aliphatic rings. The molecule has 0 saturated carbocycles. The van der Waals surface area contributed by atoms with Crippen molar-refractivity contribution in [2.45, 2.75) is 39.8 Å². The Morgan fingerprint density at radius 1 is 1.27 bits per heavy atom. The molecule has 0 saturated heterocycles. The van der Waals surface area contributed by atoms with Crippen molar-refractivity contribution < 1.29 is 19.0 Å². The maximum absolute atomic E-state index is 12.6. The second-order valence-corrected chi connectivity index (χ2v) is 6.52. The minimum absolute atomic E-state index is 0.167. The van der Waals surface area contributed by atoms with Gasteiger partial charge in [0.1, 0.15) is 23.4 Å². The molecule has 1 amide bonds. The summed E-state index contributed by atoms with van der Waals surface area (Å²) in [6.45, 7) is 6.87. The molecule has 1 N–H and O–H groups in total. The SMILES string of the molecule is CCOc1cc2c(cc1CNC(=O)c1cc(C)ccc1OC)O[C@@H](C)C2. The monoisotopic (exact) mass is 355 g/mol. The third kappa shape index (κ3) is 3.77. The zero-order chi connectivity index (χ0) is 18.7. The van der Waals surface area contributed by atoms with Gasteiger partial charge in [-0.2, -0.15) is 0 Å². The Kier molecular flexibility index (Phi) is 5.35. The van der Waals surface area contributed by atoms with Gasteiger partial charge in [0, 0.05) is 24.1 Å². The molecule has 1 heterocycles. The molecular weight excluding hydrogens is 330 g/mol. The summed E-state index contributed by atoms with van der Waals surface area (Å²) >= 11 is 0. The van der Waals surface area contributed by atoms with Crippen molar-refractivity contribution in [3.05, 3.63) is 52.6 Å². The normalized spacial score (nSPS) is 15.2. The second kappa shape index (κ2) is 7.68. The summed E-state index contributed by atoms with van der Waals surface area (Å²) < 4.78 is 16.9. The number of aryl methyl sites for hydroxylation is 1. The summed E-state index contributed by atoms with van der Waals surface area (Å²) in [5.74, 6) is 2.05. The first-order chi connectivity index (χ1) is 12.5. The molecule has 138 valence electrons.